The van der Waals surface area contributed by atoms with Crippen molar-refractivity contribution in [2.75, 3.05) is 0 Å². The van der Waals surface area contributed by atoms with E-state index in [0.717, 1.165) is 0 Å². The van der Waals surface area contributed by atoms with Gasteiger partial charge in [0.05, 0.1) is 0 Å². The highest BCUT2D eigenvalue weighted by atomic mass is 14.7. The first kappa shape index (κ1) is 9.87. The van der Waals surface area contributed by atoms with Crippen LogP contribution in [0, 0.1) is 6.92 Å². The van der Waals surface area contributed by atoms with E-state index < -0.39 is 0 Å². The van der Waals surface area contributed by atoms with Crippen molar-refractivity contribution in [3.05, 3.63) is 65.5 Å². The molecule has 2 rings (SSSR count). The van der Waals surface area contributed by atoms with E-state index in [2.05, 4.69) is 41.9 Å². The van der Waals surface area contributed by atoms with Crippen molar-refractivity contribution in [1.82, 2.24) is 4.98 Å². The molecule has 0 aliphatic rings. The van der Waals surface area contributed by atoms with E-state index in [1.54, 1.807) is 0 Å². The molecule has 0 bridgehead atoms. The topological polar surface area (TPSA) is 40.5 Å². The van der Waals surface area contributed by atoms with Gasteiger partial charge in [0, 0.05) is 23.5 Å². The van der Waals surface area contributed by atoms with E-state index in [1.165, 1.54) is 16.7 Å². The Morgan fingerprint density at radius 3 is 2.40 bits per heavy atom. The van der Waals surface area contributed by atoms with Crippen molar-refractivity contribution in [3.63, 3.8) is 0 Å². The quantitative estimate of drug-likeness (QED) is 0.786. The van der Waals surface area contributed by atoms with Crippen LogP contribution in [0.1, 0.15) is 22.7 Å². The third-order valence-electron chi connectivity index (χ3n) is 2.67. The third-order valence-corrected chi connectivity index (χ3v) is 2.67. The lowest BCUT2D eigenvalue weighted by atomic mass is 9.97. The van der Waals surface area contributed by atoms with Crippen LogP contribution in [0.2, 0.25) is 0 Å². The molecular weight excluding hydrogens is 184 g/mol. The Balaban J connectivity index is 2.37. The predicted octanol–water partition coefficient (Wildman–Crippen LogP) is 1.72. The van der Waals surface area contributed by atoms with Crippen LogP contribution in [0.25, 0.3) is 0 Å². The second kappa shape index (κ2) is 4.24. The first-order valence-corrected chi connectivity index (χ1v) is 5.07. The van der Waals surface area contributed by atoms with Crippen molar-refractivity contribution in [2.24, 2.45) is 0 Å². The molecule has 0 amide bonds. The lowest BCUT2D eigenvalue weighted by Gasteiger charge is -2.11. The van der Waals surface area contributed by atoms with Crippen LogP contribution in [0.3, 0.4) is 0 Å². The van der Waals surface area contributed by atoms with Gasteiger partial charge in [-0.3, -0.25) is 4.98 Å². The molecule has 0 unspecified atom stereocenters. The average Bonchev–Trinajstić information content (AvgIpc) is 2.30. The standard InChI is InChI=1S/C13H14N2/c1-10-4-2-3-5-12(10)13(14)11-6-8-15-9-7-11/h2-9,13H,14H2,1H3/p+1/t13-/m0/s1. The number of benzene rings is 1. The molecule has 2 heteroatoms. The Morgan fingerprint density at radius 2 is 1.73 bits per heavy atom. The molecule has 1 atom stereocenters. The van der Waals surface area contributed by atoms with Gasteiger partial charge < -0.3 is 5.73 Å². The zero-order valence-electron chi connectivity index (χ0n) is 8.85. The summed E-state index contributed by atoms with van der Waals surface area (Å²) < 4.78 is 0. The molecule has 76 valence electrons. The number of hydrogen-bond donors (Lipinski definition) is 1. The van der Waals surface area contributed by atoms with E-state index in [0.29, 0.717) is 0 Å². The number of pyridine rings is 1. The number of aryl methyl sites for hydroxylation is 1. The number of hydrogen-bond acceptors (Lipinski definition) is 1. The predicted molar refractivity (Wildman–Crippen MR) is 60.1 cm³/mol. The van der Waals surface area contributed by atoms with Gasteiger partial charge in [-0.2, -0.15) is 0 Å². The molecule has 2 nitrogen and oxygen atoms in total. The third kappa shape index (κ3) is 2.05. The van der Waals surface area contributed by atoms with Crippen LogP contribution in [-0.2, 0) is 0 Å². The molecular formula is C13H15N2+. The Labute approximate surface area is 89.8 Å². The van der Waals surface area contributed by atoms with Gasteiger partial charge in [-0.05, 0) is 24.6 Å². The van der Waals surface area contributed by atoms with Gasteiger partial charge in [-0.25, -0.2) is 0 Å². The van der Waals surface area contributed by atoms with Crippen molar-refractivity contribution < 1.29 is 5.73 Å². The Morgan fingerprint density at radius 1 is 1.07 bits per heavy atom. The van der Waals surface area contributed by atoms with E-state index in [4.69, 9.17) is 0 Å². The Kier molecular flexibility index (Phi) is 2.79. The first-order chi connectivity index (χ1) is 7.29. The van der Waals surface area contributed by atoms with Gasteiger partial charge in [0.25, 0.3) is 0 Å². The molecule has 1 aromatic heterocycles. The molecule has 0 aliphatic carbocycles. The normalized spacial score (nSPS) is 12.4. The van der Waals surface area contributed by atoms with Gasteiger partial charge in [0.1, 0.15) is 6.04 Å². The summed E-state index contributed by atoms with van der Waals surface area (Å²) in [7, 11) is 0. The lowest BCUT2D eigenvalue weighted by molar-refractivity contribution is -0.411. The molecule has 2 aromatic rings. The zero-order valence-corrected chi connectivity index (χ0v) is 8.85. The summed E-state index contributed by atoms with van der Waals surface area (Å²) in [6, 6.07) is 12.6. The Bertz CT molecular complexity index is 437. The second-order valence-corrected chi connectivity index (χ2v) is 3.69. The van der Waals surface area contributed by atoms with Crippen LogP contribution in [-0.4, -0.2) is 4.98 Å². The average molecular weight is 199 g/mol. The van der Waals surface area contributed by atoms with Crippen LogP contribution < -0.4 is 5.73 Å². The summed E-state index contributed by atoms with van der Waals surface area (Å²) in [5.41, 5.74) is 7.99. The molecule has 15 heavy (non-hydrogen) atoms. The van der Waals surface area contributed by atoms with Crippen molar-refractivity contribution in [2.45, 2.75) is 13.0 Å². The summed E-state index contributed by atoms with van der Waals surface area (Å²) in [5, 5.41) is 0. The molecule has 0 spiro atoms. The number of nitrogens with zero attached hydrogens (tertiary/aromatic N) is 1. The summed E-state index contributed by atoms with van der Waals surface area (Å²) >= 11 is 0. The minimum absolute atomic E-state index is 0.189. The zero-order chi connectivity index (χ0) is 10.7. The van der Waals surface area contributed by atoms with Crippen molar-refractivity contribution in [1.29, 1.82) is 0 Å². The highest BCUT2D eigenvalue weighted by molar-refractivity contribution is 5.33. The minimum atomic E-state index is 0.189. The van der Waals surface area contributed by atoms with Gasteiger partial charge in [-0.1, -0.05) is 24.3 Å². The smallest absolute Gasteiger partial charge is 0.136 e. The van der Waals surface area contributed by atoms with Gasteiger partial charge in [-0.15, -0.1) is 0 Å². The second-order valence-electron chi connectivity index (χ2n) is 3.69. The SMILES string of the molecule is Cc1ccccc1[C@@H]([NH3+])c1ccncc1. The summed E-state index contributed by atoms with van der Waals surface area (Å²) in [6.07, 6.45) is 3.62. The monoisotopic (exact) mass is 199 g/mol. The first-order valence-electron chi connectivity index (χ1n) is 5.07. The lowest BCUT2D eigenvalue weighted by Crippen LogP contribution is -2.54. The van der Waals surface area contributed by atoms with Gasteiger partial charge in [0.2, 0.25) is 0 Å². The maximum absolute atomic E-state index is 4.21. The fourth-order valence-electron chi connectivity index (χ4n) is 1.75. The Hall–Kier alpha value is -1.67. The summed E-state index contributed by atoms with van der Waals surface area (Å²) in [6.45, 7) is 2.12. The molecule has 3 N–H and O–H groups in total. The number of rotatable bonds is 2. The number of aromatic nitrogens is 1. The van der Waals surface area contributed by atoms with Crippen LogP contribution in [0.15, 0.2) is 48.8 Å². The maximum atomic E-state index is 4.21. The van der Waals surface area contributed by atoms with Gasteiger partial charge in [0.15, 0.2) is 0 Å². The molecule has 0 aliphatic heterocycles. The molecule has 1 aromatic carbocycles. The van der Waals surface area contributed by atoms with Crippen molar-refractivity contribution in [3.8, 4) is 0 Å². The maximum Gasteiger partial charge on any atom is 0.136 e. The van der Waals surface area contributed by atoms with Crippen LogP contribution in [0.5, 0.6) is 0 Å². The van der Waals surface area contributed by atoms with E-state index in [1.807, 2.05) is 24.5 Å². The van der Waals surface area contributed by atoms with Gasteiger partial charge >= 0.3 is 0 Å². The van der Waals surface area contributed by atoms with Crippen LogP contribution >= 0.6 is 0 Å². The minimum Gasteiger partial charge on any atom is -0.348 e. The molecule has 0 saturated heterocycles. The fraction of sp³-hybridized carbons (Fsp3) is 0.154. The highest BCUT2D eigenvalue weighted by Crippen LogP contribution is 2.19. The fourth-order valence-corrected chi connectivity index (χ4v) is 1.75. The van der Waals surface area contributed by atoms with E-state index >= 15 is 0 Å². The summed E-state index contributed by atoms with van der Waals surface area (Å²) in [5.74, 6) is 0. The molecule has 0 saturated carbocycles. The van der Waals surface area contributed by atoms with Crippen molar-refractivity contribution >= 4 is 0 Å². The van der Waals surface area contributed by atoms with Crippen LogP contribution in [0.4, 0.5) is 0 Å². The largest absolute Gasteiger partial charge is 0.348 e. The number of quaternary nitrogens is 1. The molecule has 0 fully saturated rings. The highest BCUT2D eigenvalue weighted by Gasteiger charge is 2.13. The molecule has 0 radical (unpaired) electrons. The molecule has 1 heterocycles. The van der Waals surface area contributed by atoms with E-state index in [-0.39, 0.29) is 6.04 Å². The van der Waals surface area contributed by atoms with E-state index in [9.17, 15) is 0 Å². The summed E-state index contributed by atoms with van der Waals surface area (Å²) in [4.78, 5) is 4.02.